The molecule has 15 heavy (non-hydrogen) atoms. The van der Waals surface area contributed by atoms with Gasteiger partial charge in [0.25, 0.3) is 0 Å². The van der Waals surface area contributed by atoms with Crippen LogP contribution in [0.3, 0.4) is 0 Å². The van der Waals surface area contributed by atoms with Gasteiger partial charge in [0.05, 0.1) is 0 Å². The summed E-state index contributed by atoms with van der Waals surface area (Å²) in [5.41, 5.74) is 1.01. The molecule has 1 aromatic carbocycles. The van der Waals surface area contributed by atoms with E-state index in [0.29, 0.717) is 6.42 Å². The first kappa shape index (κ1) is 10.1. The van der Waals surface area contributed by atoms with Gasteiger partial charge < -0.3 is 5.32 Å². The highest BCUT2D eigenvalue weighted by atomic mass is 16.6. The summed E-state index contributed by atoms with van der Waals surface area (Å²) in [6.07, 6.45) is 1.55. The fraction of sp³-hybridized carbons (Fsp3) is 0.455. The first-order valence-corrected chi connectivity index (χ1v) is 5.21. The lowest BCUT2D eigenvalue weighted by Gasteiger charge is -2.26. The topological polar surface area (TPSA) is 55.2 Å². The second kappa shape index (κ2) is 4.40. The van der Waals surface area contributed by atoms with Gasteiger partial charge in [-0.2, -0.15) is 0 Å². The molecule has 0 bridgehead atoms. The lowest BCUT2D eigenvalue weighted by atomic mass is 9.93. The fourth-order valence-corrected chi connectivity index (χ4v) is 2.10. The van der Waals surface area contributed by atoms with Crippen molar-refractivity contribution in [3.05, 3.63) is 46.0 Å². The van der Waals surface area contributed by atoms with Gasteiger partial charge in [-0.15, -0.1) is 0 Å². The predicted octanol–water partition coefficient (Wildman–Crippen LogP) is 1.76. The van der Waals surface area contributed by atoms with Crippen molar-refractivity contribution in [1.29, 1.82) is 0 Å². The van der Waals surface area contributed by atoms with E-state index in [4.69, 9.17) is 0 Å². The van der Waals surface area contributed by atoms with Gasteiger partial charge in [0, 0.05) is 11.3 Å². The number of rotatable bonds is 2. The molecule has 0 aliphatic carbocycles. The Morgan fingerprint density at radius 1 is 1.33 bits per heavy atom. The van der Waals surface area contributed by atoms with Crippen LogP contribution < -0.4 is 5.32 Å². The van der Waals surface area contributed by atoms with Gasteiger partial charge in [0.2, 0.25) is 6.04 Å². The maximum absolute atomic E-state index is 10.9. The SMILES string of the molecule is O=[N+]([O-])[C@H]1CCCN[C@@H]1c1ccccc1. The highest BCUT2D eigenvalue weighted by Gasteiger charge is 2.34. The third kappa shape index (κ3) is 2.15. The quantitative estimate of drug-likeness (QED) is 0.592. The summed E-state index contributed by atoms with van der Waals surface area (Å²) < 4.78 is 0. The minimum absolute atomic E-state index is 0.130. The van der Waals surface area contributed by atoms with Crippen molar-refractivity contribution in [3.8, 4) is 0 Å². The Labute approximate surface area is 88.5 Å². The van der Waals surface area contributed by atoms with Gasteiger partial charge in [-0.05, 0) is 18.5 Å². The molecule has 4 heteroatoms. The van der Waals surface area contributed by atoms with E-state index in [1.54, 1.807) is 0 Å². The van der Waals surface area contributed by atoms with Crippen molar-refractivity contribution < 1.29 is 4.92 Å². The van der Waals surface area contributed by atoms with E-state index in [1.807, 2.05) is 30.3 Å². The molecule has 0 unspecified atom stereocenters. The maximum Gasteiger partial charge on any atom is 0.232 e. The minimum atomic E-state index is -0.485. The smallest absolute Gasteiger partial charge is 0.232 e. The predicted molar refractivity (Wildman–Crippen MR) is 57.2 cm³/mol. The maximum atomic E-state index is 10.9. The Balaban J connectivity index is 2.22. The second-order valence-electron chi connectivity index (χ2n) is 3.84. The first-order chi connectivity index (χ1) is 7.29. The minimum Gasteiger partial charge on any atom is -0.304 e. The van der Waals surface area contributed by atoms with E-state index in [1.165, 1.54) is 0 Å². The number of nitrogens with one attached hydrogen (secondary N) is 1. The normalized spacial score (nSPS) is 26.1. The zero-order valence-corrected chi connectivity index (χ0v) is 8.43. The van der Waals surface area contributed by atoms with Gasteiger partial charge in [-0.25, -0.2) is 0 Å². The Morgan fingerprint density at radius 3 is 2.73 bits per heavy atom. The molecule has 80 valence electrons. The number of hydrogen-bond donors (Lipinski definition) is 1. The lowest BCUT2D eigenvalue weighted by molar-refractivity contribution is -0.531. The molecule has 0 aromatic heterocycles. The number of nitrogens with zero attached hydrogens (tertiary/aromatic N) is 1. The molecule has 4 nitrogen and oxygen atoms in total. The van der Waals surface area contributed by atoms with Gasteiger partial charge in [0.15, 0.2) is 0 Å². The fourth-order valence-electron chi connectivity index (χ4n) is 2.10. The molecule has 1 aromatic rings. The van der Waals surface area contributed by atoms with Crippen LogP contribution in [0.4, 0.5) is 0 Å². The molecule has 1 fully saturated rings. The van der Waals surface area contributed by atoms with Crippen LogP contribution in [0.25, 0.3) is 0 Å². The Bertz CT molecular complexity index is 340. The van der Waals surface area contributed by atoms with E-state index in [9.17, 15) is 10.1 Å². The summed E-state index contributed by atoms with van der Waals surface area (Å²) in [5.74, 6) is 0. The van der Waals surface area contributed by atoms with Crippen LogP contribution in [0.1, 0.15) is 24.4 Å². The molecular formula is C11H14N2O2. The van der Waals surface area contributed by atoms with Gasteiger partial charge in [0.1, 0.15) is 6.04 Å². The highest BCUT2D eigenvalue weighted by molar-refractivity contribution is 5.20. The van der Waals surface area contributed by atoms with Crippen molar-refractivity contribution >= 4 is 0 Å². The molecule has 1 aliphatic rings. The van der Waals surface area contributed by atoms with E-state index in [0.717, 1.165) is 18.5 Å². The van der Waals surface area contributed by atoms with E-state index < -0.39 is 6.04 Å². The van der Waals surface area contributed by atoms with E-state index in [2.05, 4.69) is 5.32 Å². The molecule has 1 saturated heterocycles. The van der Waals surface area contributed by atoms with Crippen LogP contribution >= 0.6 is 0 Å². The van der Waals surface area contributed by atoms with Gasteiger partial charge in [-0.3, -0.25) is 10.1 Å². The molecule has 2 rings (SSSR count). The largest absolute Gasteiger partial charge is 0.304 e. The third-order valence-electron chi connectivity index (χ3n) is 2.86. The molecule has 0 amide bonds. The van der Waals surface area contributed by atoms with Crippen LogP contribution in [0.2, 0.25) is 0 Å². The van der Waals surface area contributed by atoms with Crippen LogP contribution in [-0.4, -0.2) is 17.5 Å². The van der Waals surface area contributed by atoms with Crippen LogP contribution in [0.15, 0.2) is 30.3 Å². The van der Waals surface area contributed by atoms with Crippen LogP contribution in [0.5, 0.6) is 0 Å². The molecule has 2 atom stereocenters. The monoisotopic (exact) mass is 206 g/mol. The Hall–Kier alpha value is -1.42. The lowest BCUT2D eigenvalue weighted by Crippen LogP contribution is -2.41. The molecular weight excluding hydrogens is 192 g/mol. The van der Waals surface area contributed by atoms with Crippen LogP contribution in [0, 0.1) is 10.1 Å². The highest BCUT2D eigenvalue weighted by Crippen LogP contribution is 2.25. The summed E-state index contributed by atoms with van der Waals surface area (Å²) in [7, 11) is 0. The number of piperidine rings is 1. The van der Waals surface area contributed by atoms with Crippen molar-refractivity contribution in [1.82, 2.24) is 5.32 Å². The Morgan fingerprint density at radius 2 is 2.07 bits per heavy atom. The molecule has 1 aliphatic heterocycles. The van der Waals surface area contributed by atoms with E-state index in [-0.39, 0.29) is 11.0 Å². The zero-order chi connectivity index (χ0) is 10.7. The summed E-state index contributed by atoms with van der Waals surface area (Å²) >= 11 is 0. The second-order valence-corrected chi connectivity index (χ2v) is 3.84. The van der Waals surface area contributed by atoms with E-state index >= 15 is 0 Å². The number of benzene rings is 1. The Kier molecular flexibility index (Phi) is 2.97. The van der Waals surface area contributed by atoms with Crippen LogP contribution in [-0.2, 0) is 0 Å². The first-order valence-electron chi connectivity index (χ1n) is 5.21. The molecule has 0 spiro atoms. The standard InChI is InChI=1S/C11H14N2O2/c14-13(15)10-7-4-8-12-11(10)9-5-2-1-3-6-9/h1-3,5-6,10-12H,4,7-8H2/t10-,11+/m0/s1. The number of hydrogen-bond acceptors (Lipinski definition) is 3. The van der Waals surface area contributed by atoms with Crippen molar-refractivity contribution in [2.75, 3.05) is 6.54 Å². The molecule has 0 saturated carbocycles. The average molecular weight is 206 g/mol. The van der Waals surface area contributed by atoms with Gasteiger partial charge >= 0.3 is 0 Å². The summed E-state index contributed by atoms with van der Waals surface area (Å²) in [6.45, 7) is 0.865. The number of nitro groups is 1. The molecule has 0 radical (unpaired) electrons. The summed E-state index contributed by atoms with van der Waals surface area (Å²) in [6, 6.07) is 9.04. The van der Waals surface area contributed by atoms with Crippen molar-refractivity contribution in [3.63, 3.8) is 0 Å². The molecule has 1 N–H and O–H groups in total. The van der Waals surface area contributed by atoms with Crippen molar-refractivity contribution in [2.45, 2.75) is 24.9 Å². The average Bonchev–Trinajstić information content (AvgIpc) is 2.30. The van der Waals surface area contributed by atoms with Crippen molar-refractivity contribution in [2.24, 2.45) is 0 Å². The van der Waals surface area contributed by atoms with Gasteiger partial charge in [-0.1, -0.05) is 30.3 Å². The summed E-state index contributed by atoms with van der Waals surface area (Å²) in [5, 5.41) is 14.1. The third-order valence-corrected chi connectivity index (χ3v) is 2.86. The zero-order valence-electron chi connectivity index (χ0n) is 8.43. The molecule has 1 heterocycles. The summed E-state index contributed by atoms with van der Waals surface area (Å²) in [4.78, 5) is 10.7.